The topological polar surface area (TPSA) is 12.9 Å². The lowest BCUT2D eigenvalue weighted by atomic mass is 9.58. The molecule has 0 unspecified atom stereocenters. The van der Waals surface area contributed by atoms with Crippen LogP contribution in [0.2, 0.25) is 0 Å². The fourth-order valence-electron chi connectivity index (χ4n) is 5.79. The van der Waals surface area contributed by atoms with E-state index >= 15 is 0 Å². The van der Waals surface area contributed by atoms with E-state index in [1.54, 1.807) is 0 Å². The third-order valence-electron chi connectivity index (χ3n) is 8.02. The first-order valence-electron chi connectivity index (χ1n) is 11.5. The zero-order valence-corrected chi connectivity index (χ0v) is 18.0. The summed E-state index contributed by atoms with van der Waals surface area (Å²) in [5.41, 5.74) is 5.07. The molecule has 0 radical (unpaired) electrons. The molecule has 0 saturated heterocycles. The number of hydrogen-bond acceptors (Lipinski definition) is 1. The Balaban J connectivity index is 1.39. The van der Waals surface area contributed by atoms with Crippen LogP contribution in [-0.2, 0) is 0 Å². The van der Waals surface area contributed by atoms with Crippen LogP contribution < -0.4 is 0 Å². The van der Waals surface area contributed by atoms with Crippen molar-refractivity contribution in [2.45, 2.75) is 71.1 Å². The molecule has 1 nitrogen and oxygen atoms in total. The molecule has 2 fully saturated rings. The summed E-state index contributed by atoms with van der Waals surface area (Å²) in [6.45, 7) is 4.91. The van der Waals surface area contributed by atoms with E-state index in [-0.39, 0.29) is 0 Å². The zero-order chi connectivity index (χ0) is 19.9. The number of benzene rings is 2. The maximum absolute atomic E-state index is 4.75. The highest BCUT2D eigenvalue weighted by molar-refractivity contribution is 5.94. The van der Waals surface area contributed by atoms with Crippen molar-refractivity contribution in [1.82, 2.24) is 4.98 Å². The van der Waals surface area contributed by atoms with Crippen molar-refractivity contribution < 1.29 is 0 Å². The van der Waals surface area contributed by atoms with Crippen molar-refractivity contribution in [2.24, 2.45) is 10.8 Å². The SMILES string of the molecule is CC1(C)CCC2(CCC(c3ccc4ccnc(-c5ccccc5)c4c3)CC2)CC1. The van der Waals surface area contributed by atoms with Gasteiger partial charge < -0.3 is 0 Å². The van der Waals surface area contributed by atoms with E-state index in [1.165, 1.54) is 73.3 Å². The third-order valence-corrected chi connectivity index (χ3v) is 8.02. The van der Waals surface area contributed by atoms with Crippen molar-refractivity contribution in [3.63, 3.8) is 0 Å². The summed E-state index contributed by atoms with van der Waals surface area (Å²) in [5, 5.41) is 2.60. The van der Waals surface area contributed by atoms with Crippen LogP contribution in [0.1, 0.15) is 76.7 Å². The number of pyridine rings is 1. The highest BCUT2D eigenvalue weighted by atomic mass is 14.7. The van der Waals surface area contributed by atoms with Crippen LogP contribution in [0.5, 0.6) is 0 Å². The molecule has 2 aliphatic rings. The molecule has 150 valence electrons. The van der Waals surface area contributed by atoms with Crippen LogP contribution in [0.15, 0.2) is 60.8 Å². The molecule has 0 aliphatic heterocycles. The lowest BCUT2D eigenvalue weighted by Crippen LogP contribution is -2.34. The first-order chi connectivity index (χ1) is 14.0. The van der Waals surface area contributed by atoms with Crippen LogP contribution >= 0.6 is 0 Å². The second-order valence-electron chi connectivity index (χ2n) is 10.4. The molecule has 2 saturated carbocycles. The molecule has 2 aliphatic carbocycles. The first-order valence-corrected chi connectivity index (χ1v) is 11.5. The van der Waals surface area contributed by atoms with Gasteiger partial charge in [-0.05, 0) is 91.2 Å². The molecule has 1 aromatic heterocycles. The van der Waals surface area contributed by atoms with Crippen LogP contribution in [0.4, 0.5) is 0 Å². The van der Waals surface area contributed by atoms with Gasteiger partial charge in [0.05, 0.1) is 5.69 Å². The Morgan fingerprint density at radius 2 is 1.52 bits per heavy atom. The lowest BCUT2D eigenvalue weighted by molar-refractivity contribution is 0.0585. The van der Waals surface area contributed by atoms with Crippen LogP contribution in [0.3, 0.4) is 0 Å². The van der Waals surface area contributed by atoms with Gasteiger partial charge in [-0.1, -0.05) is 56.3 Å². The van der Waals surface area contributed by atoms with Crippen LogP contribution in [0.25, 0.3) is 22.0 Å². The summed E-state index contributed by atoms with van der Waals surface area (Å²) in [6, 6.07) is 19.9. The average Bonchev–Trinajstić information content (AvgIpc) is 2.76. The van der Waals surface area contributed by atoms with Crippen LogP contribution in [0, 0.1) is 10.8 Å². The highest BCUT2D eigenvalue weighted by Crippen LogP contribution is 2.54. The molecule has 29 heavy (non-hydrogen) atoms. The fraction of sp³-hybridized carbons (Fsp3) is 0.464. The van der Waals surface area contributed by atoms with Crippen LogP contribution in [-0.4, -0.2) is 4.98 Å². The molecule has 1 heterocycles. The molecule has 5 rings (SSSR count). The van der Waals surface area contributed by atoms with Gasteiger partial charge >= 0.3 is 0 Å². The van der Waals surface area contributed by atoms with Crippen molar-refractivity contribution in [2.75, 3.05) is 0 Å². The van der Waals surface area contributed by atoms with Gasteiger partial charge in [0.1, 0.15) is 0 Å². The zero-order valence-electron chi connectivity index (χ0n) is 18.0. The minimum atomic E-state index is 0.571. The molecule has 0 N–H and O–H groups in total. The summed E-state index contributed by atoms with van der Waals surface area (Å²) in [5.74, 6) is 0.712. The van der Waals surface area contributed by atoms with Crippen molar-refractivity contribution in [3.8, 4) is 11.3 Å². The van der Waals surface area contributed by atoms with E-state index in [9.17, 15) is 0 Å². The van der Waals surface area contributed by atoms with Gasteiger partial charge in [-0.3, -0.25) is 4.98 Å². The van der Waals surface area contributed by atoms with Gasteiger partial charge in [0.15, 0.2) is 0 Å². The summed E-state index contributed by atoms with van der Waals surface area (Å²) in [6.07, 6.45) is 13.2. The molecule has 1 heteroatoms. The lowest BCUT2D eigenvalue weighted by Gasteiger charge is -2.47. The van der Waals surface area contributed by atoms with E-state index in [0.717, 1.165) is 5.69 Å². The van der Waals surface area contributed by atoms with E-state index in [0.29, 0.717) is 16.7 Å². The van der Waals surface area contributed by atoms with E-state index in [4.69, 9.17) is 4.98 Å². The van der Waals surface area contributed by atoms with Gasteiger partial charge in [-0.15, -0.1) is 0 Å². The van der Waals surface area contributed by atoms with Crippen molar-refractivity contribution >= 4 is 10.8 Å². The predicted octanol–water partition coefficient (Wildman–Crippen LogP) is 8.15. The molecule has 1 spiro atoms. The van der Waals surface area contributed by atoms with E-state index in [2.05, 4.69) is 68.4 Å². The molecular formula is C28H33N. The Bertz CT molecular complexity index is 981. The number of nitrogens with zero attached hydrogens (tertiary/aromatic N) is 1. The molecule has 3 aromatic rings. The normalized spacial score (nSPS) is 21.4. The molecule has 0 bridgehead atoms. The summed E-state index contributed by atoms with van der Waals surface area (Å²) >= 11 is 0. The number of hydrogen-bond donors (Lipinski definition) is 0. The van der Waals surface area contributed by atoms with E-state index in [1.807, 2.05) is 6.20 Å². The second kappa shape index (κ2) is 7.27. The first kappa shape index (κ1) is 18.9. The minimum Gasteiger partial charge on any atom is -0.256 e. The number of aromatic nitrogens is 1. The monoisotopic (exact) mass is 383 g/mol. The second-order valence-corrected chi connectivity index (χ2v) is 10.4. The van der Waals surface area contributed by atoms with Gasteiger partial charge in [0.2, 0.25) is 0 Å². The highest BCUT2D eigenvalue weighted by Gasteiger charge is 2.40. The number of fused-ring (bicyclic) bond motifs is 1. The standard InChI is InChI=1S/C28H33N/c1-27(2)15-17-28(18-16-27)13-10-21(11-14-28)24-9-8-22-12-19-29-26(25(22)20-24)23-6-4-3-5-7-23/h3-9,12,19-21H,10-11,13-18H2,1-2H3. The molecular weight excluding hydrogens is 350 g/mol. The van der Waals surface area contributed by atoms with Gasteiger partial charge in [-0.25, -0.2) is 0 Å². The molecule has 0 atom stereocenters. The average molecular weight is 384 g/mol. The van der Waals surface area contributed by atoms with Crippen molar-refractivity contribution in [1.29, 1.82) is 0 Å². The smallest absolute Gasteiger partial charge is 0.0780 e. The van der Waals surface area contributed by atoms with Crippen molar-refractivity contribution in [3.05, 3.63) is 66.4 Å². The Labute approximate surface area is 175 Å². The Morgan fingerprint density at radius 3 is 2.24 bits per heavy atom. The summed E-state index contributed by atoms with van der Waals surface area (Å²) in [4.78, 5) is 4.75. The summed E-state index contributed by atoms with van der Waals surface area (Å²) < 4.78 is 0. The Hall–Kier alpha value is -2.15. The maximum Gasteiger partial charge on any atom is 0.0780 e. The van der Waals surface area contributed by atoms with Gasteiger partial charge in [0.25, 0.3) is 0 Å². The van der Waals surface area contributed by atoms with E-state index < -0.39 is 0 Å². The van der Waals surface area contributed by atoms with Gasteiger partial charge in [0, 0.05) is 17.1 Å². The predicted molar refractivity (Wildman–Crippen MR) is 123 cm³/mol. The quantitative estimate of drug-likeness (QED) is 0.435. The maximum atomic E-state index is 4.75. The largest absolute Gasteiger partial charge is 0.256 e. The fourth-order valence-corrected chi connectivity index (χ4v) is 5.79. The number of rotatable bonds is 2. The van der Waals surface area contributed by atoms with Gasteiger partial charge in [-0.2, -0.15) is 0 Å². The summed E-state index contributed by atoms with van der Waals surface area (Å²) in [7, 11) is 0. The molecule has 0 amide bonds. The molecule has 2 aromatic carbocycles. The third kappa shape index (κ3) is 3.72. The Kier molecular flexibility index (Phi) is 4.73. The minimum absolute atomic E-state index is 0.571. The Morgan fingerprint density at radius 1 is 0.793 bits per heavy atom.